The quantitative estimate of drug-likeness (QED) is 0.823. The third kappa shape index (κ3) is 3.28. The third-order valence-corrected chi connectivity index (χ3v) is 4.17. The Balaban J connectivity index is 2.57. The Bertz CT molecular complexity index is 752. The number of carbonyl (C=O) groups excluding carboxylic acids is 1. The second kappa shape index (κ2) is 7.40. The van der Waals surface area contributed by atoms with Crippen molar-refractivity contribution in [1.82, 2.24) is 14.5 Å². The predicted octanol–water partition coefficient (Wildman–Crippen LogP) is 3.13. The molecule has 0 radical (unpaired) electrons. The van der Waals surface area contributed by atoms with Gasteiger partial charge in [0.2, 0.25) is 5.91 Å². The van der Waals surface area contributed by atoms with E-state index in [1.165, 1.54) is 0 Å². The van der Waals surface area contributed by atoms with Crippen LogP contribution in [0.4, 0.5) is 0 Å². The summed E-state index contributed by atoms with van der Waals surface area (Å²) in [7, 11) is 0. The van der Waals surface area contributed by atoms with Crippen LogP contribution in [0.2, 0.25) is 0 Å². The first-order valence-corrected chi connectivity index (χ1v) is 8.34. The van der Waals surface area contributed by atoms with E-state index in [1.807, 2.05) is 45.9 Å². The highest BCUT2D eigenvalue weighted by atomic mass is 16.2. The third-order valence-electron chi connectivity index (χ3n) is 4.17. The minimum atomic E-state index is -0.226. The van der Waals surface area contributed by atoms with Gasteiger partial charge in [0, 0.05) is 19.5 Å². The van der Waals surface area contributed by atoms with Crippen LogP contribution in [-0.4, -0.2) is 26.9 Å². The van der Waals surface area contributed by atoms with Gasteiger partial charge >= 0.3 is 0 Å². The predicted molar refractivity (Wildman–Crippen MR) is 92.4 cm³/mol. The molecule has 0 spiro atoms. The van der Waals surface area contributed by atoms with Gasteiger partial charge in [-0.1, -0.05) is 19.1 Å². The fourth-order valence-corrected chi connectivity index (χ4v) is 2.97. The van der Waals surface area contributed by atoms with Crippen LogP contribution >= 0.6 is 0 Å². The Kier molecular flexibility index (Phi) is 5.53. The van der Waals surface area contributed by atoms with Gasteiger partial charge in [-0.2, -0.15) is 0 Å². The lowest BCUT2D eigenvalue weighted by Gasteiger charge is -2.29. The number of hydrogen-bond acceptors (Lipinski definition) is 3. The average Bonchev–Trinajstić information content (AvgIpc) is 2.55. The van der Waals surface area contributed by atoms with Crippen molar-refractivity contribution in [3.63, 3.8) is 0 Å². The lowest BCUT2D eigenvalue weighted by atomic mass is 10.2. The van der Waals surface area contributed by atoms with Crippen molar-refractivity contribution in [3.05, 3.63) is 40.4 Å². The van der Waals surface area contributed by atoms with Gasteiger partial charge in [-0.25, -0.2) is 4.98 Å². The maximum Gasteiger partial charge on any atom is 0.261 e. The number of benzene rings is 1. The van der Waals surface area contributed by atoms with Gasteiger partial charge in [-0.15, -0.1) is 0 Å². The molecule has 0 saturated carbocycles. The van der Waals surface area contributed by atoms with E-state index >= 15 is 0 Å². The van der Waals surface area contributed by atoms with Crippen molar-refractivity contribution in [2.24, 2.45) is 0 Å². The van der Waals surface area contributed by atoms with E-state index < -0.39 is 0 Å². The molecular formula is C18H25N3O2. The maximum absolute atomic E-state index is 12.7. The summed E-state index contributed by atoms with van der Waals surface area (Å²) in [5, 5.41) is 0.619. The summed E-state index contributed by atoms with van der Waals surface area (Å²) in [5.74, 6) is 0.759. The average molecular weight is 315 g/mol. The highest BCUT2D eigenvalue weighted by Crippen LogP contribution is 2.20. The van der Waals surface area contributed by atoms with Crippen LogP contribution in [0.15, 0.2) is 29.1 Å². The van der Waals surface area contributed by atoms with Crippen molar-refractivity contribution in [2.75, 3.05) is 6.54 Å². The fraction of sp³-hybridized carbons (Fsp3) is 0.500. The van der Waals surface area contributed by atoms with Crippen LogP contribution in [0.3, 0.4) is 0 Å². The first-order valence-electron chi connectivity index (χ1n) is 8.34. The molecule has 5 nitrogen and oxygen atoms in total. The molecule has 2 rings (SSSR count). The molecule has 0 aliphatic rings. The molecule has 1 amide bonds. The van der Waals surface area contributed by atoms with Crippen LogP contribution in [0.25, 0.3) is 10.9 Å². The van der Waals surface area contributed by atoms with E-state index in [4.69, 9.17) is 0 Å². The summed E-state index contributed by atoms with van der Waals surface area (Å²) in [6.45, 7) is 8.96. The smallest absolute Gasteiger partial charge is 0.261 e. The number of aromatic nitrogens is 2. The zero-order valence-corrected chi connectivity index (χ0v) is 14.4. The lowest BCUT2D eigenvalue weighted by Crippen LogP contribution is -2.37. The Morgan fingerprint density at radius 1 is 1.26 bits per heavy atom. The topological polar surface area (TPSA) is 55.2 Å². The fourth-order valence-electron chi connectivity index (χ4n) is 2.97. The van der Waals surface area contributed by atoms with E-state index in [1.54, 1.807) is 15.5 Å². The number of rotatable bonds is 6. The Hall–Kier alpha value is -2.17. The minimum absolute atomic E-state index is 0.0426. The molecule has 1 aromatic carbocycles. The number of para-hydroxylation sites is 1. The van der Waals surface area contributed by atoms with Crippen molar-refractivity contribution < 1.29 is 4.79 Å². The SMILES string of the molecule is CCCC(=O)N(CC)C(C)c1nc2ccccc2c(=O)n1CC. The highest BCUT2D eigenvalue weighted by Gasteiger charge is 2.24. The molecule has 0 aliphatic heterocycles. The summed E-state index contributed by atoms with van der Waals surface area (Å²) in [5.41, 5.74) is 0.641. The van der Waals surface area contributed by atoms with E-state index in [9.17, 15) is 9.59 Å². The summed E-state index contributed by atoms with van der Waals surface area (Å²) in [6, 6.07) is 7.13. The van der Waals surface area contributed by atoms with Gasteiger partial charge in [-0.05, 0) is 39.3 Å². The Morgan fingerprint density at radius 2 is 1.96 bits per heavy atom. The molecule has 1 atom stereocenters. The molecule has 2 aromatic rings. The molecule has 0 bridgehead atoms. The van der Waals surface area contributed by atoms with Crippen LogP contribution in [-0.2, 0) is 11.3 Å². The molecule has 1 aromatic heterocycles. The van der Waals surface area contributed by atoms with Gasteiger partial charge in [-0.3, -0.25) is 14.2 Å². The van der Waals surface area contributed by atoms with E-state index in [-0.39, 0.29) is 17.5 Å². The van der Waals surface area contributed by atoms with Crippen molar-refractivity contribution in [2.45, 2.75) is 53.1 Å². The van der Waals surface area contributed by atoms with Gasteiger partial charge in [0.05, 0.1) is 16.9 Å². The monoisotopic (exact) mass is 315 g/mol. The zero-order chi connectivity index (χ0) is 17.0. The van der Waals surface area contributed by atoms with Crippen LogP contribution in [0, 0.1) is 0 Å². The Labute approximate surface area is 136 Å². The second-order valence-corrected chi connectivity index (χ2v) is 5.64. The molecule has 124 valence electrons. The first-order chi connectivity index (χ1) is 11.0. The molecule has 1 heterocycles. The van der Waals surface area contributed by atoms with E-state index in [0.29, 0.717) is 36.2 Å². The second-order valence-electron chi connectivity index (χ2n) is 5.64. The number of carbonyl (C=O) groups is 1. The zero-order valence-electron chi connectivity index (χ0n) is 14.4. The van der Waals surface area contributed by atoms with Gasteiger partial charge in [0.15, 0.2) is 0 Å². The van der Waals surface area contributed by atoms with Gasteiger partial charge < -0.3 is 4.90 Å². The minimum Gasteiger partial charge on any atom is -0.333 e. The van der Waals surface area contributed by atoms with Crippen molar-refractivity contribution in [3.8, 4) is 0 Å². The van der Waals surface area contributed by atoms with Crippen LogP contribution < -0.4 is 5.56 Å². The molecule has 5 heteroatoms. The molecule has 1 unspecified atom stereocenters. The summed E-state index contributed by atoms with van der Waals surface area (Å²) in [6.07, 6.45) is 1.33. The molecule has 0 saturated heterocycles. The molecule has 0 fully saturated rings. The van der Waals surface area contributed by atoms with Gasteiger partial charge in [0.25, 0.3) is 5.56 Å². The summed E-state index contributed by atoms with van der Waals surface area (Å²) in [4.78, 5) is 31.5. The van der Waals surface area contributed by atoms with Crippen LogP contribution in [0.1, 0.15) is 52.4 Å². The van der Waals surface area contributed by atoms with E-state index in [2.05, 4.69) is 4.98 Å². The van der Waals surface area contributed by atoms with Crippen LogP contribution in [0.5, 0.6) is 0 Å². The van der Waals surface area contributed by atoms with Crippen molar-refractivity contribution in [1.29, 1.82) is 0 Å². The summed E-state index contributed by atoms with van der Waals surface area (Å²) >= 11 is 0. The molecule has 23 heavy (non-hydrogen) atoms. The Morgan fingerprint density at radius 3 is 2.57 bits per heavy atom. The number of fused-ring (bicyclic) bond motifs is 1. The molecular weight excluding hydrogens is 290 g/mol. The number of amides is 1. The maximum atomic E-state index is 12.7. The highest BCUT2D eigenvalue weighted by molar-refractivity contribution is 5.78. The molecule has 0 aliphatic carbocycles. The first kappa shape index (κ1) is 17.2. The number of hydrogen-bond donors (Lipinski definition) is 0. The van der Waals surface area contributed by atoms with Gasteiger partial charge in [0.1, 0.15) is 5.82 Å². The molecule has 0 N–H and O–H groups in total. The lowest BCUT2D eigenvalue weighted by molar-refractivity contribution is -0.133. The van der Waals surface area contributed by atoms with E-state index in [0.717, 1.165) is 6.42 Å². The normalized spacial score (nSPS) is 12.3. The number of nitrogens with zero attached hydrogens (tertiary/aromatic N) is 3. The summed E-state index contributed by atoms with van der Waals surface area (Å²) < 4.78 is 1.68. The standard InChI is InChI=1S/C18H25N3O2/c1-5-10-16(22)20(6-2)13(4)17-19-15-12-9-8-11-14(15)18(23)21(17)7-3/h8-9,11-13H,5-7,10H2,1-4H3. The largest absolute Gasteiger partial charge is 0.333 e. The van der Waals surface area contributed by atoms with Crippen molar-refractivity contribution >= 4 is 16.8 Å².